The van der Waals surface area contributed by atoms with E-state index in [-0.39, 0.29) is 43.4 Å². The molecule has 0 radical (unpaired) electrons. The normalized spacial score (nSPS) is 18.1. The first-order valence-electron chi connectivity index (χ1n) is 12.2. The second-order valence-electron chi connectivity index (χ2n) is 11.6. The van der Waals surface area contributed by atoms with Crippen LogP contribution in [-0.2, 0) is 25.3 Å². The van der Waals surface area contributed by atoms with Gasteiger partial charge < -0.3 is 24.1 Å². The molecule has 1 fully saturated rings. The fourth-order valence-corrected chi connectivity index (χ4v) is 4.50. The first-order valence-corrected chi connectivity index (χ1v) is 15.1. The Bertz CT molecular complexity index is 876. The Morgan fingerprint density at radius 2 is 1.74 bits per heavy atom. The van der Waals surface area contributed by atoms with Crippen LogP contribution in [0, 0.1) is 0 Å². The molecule has 9 heteroatoms. The van der Waals surface area contributed by atoms with Crippen molar-refractivity contribution in [3.05, 3.63) is 35.9 Å². The van der Waals surface area contributed by atoms with E-state index >= 15 is 0 Å². The molecule has 1 aliphatic rings. The molecule has 0 unspecified atom stereocenters. The number of amides is 2. The lowest BCUT2D eigenvalue weighted by atomic mass is 9.95. The fourth-order valence-electron chi connectivity index (χ4n) is 3.47. The third-order valence-electron chi connectivity index (χ3n) is 6.50. The third kappa shape index (κ3) is 8.96. The first kappa shape index (κ1) is 28.8. The van der Waals surface area contributed by atoms with E-state index in [1.165, 1.54) is 0 Å². The van der Waals surface area contributed by atoms with E-state index in [0.29, 0.717) is 0 Å². The molecule has 196 valence electrons. The van der Waals surface area contributed by atoms with E-state index in [1.807, 2.05) is 30.3 Å². The van der Waals surface area contributed by atoms with E-state index in [4.69, 9.17) is 13.9 Å². The predicted octanol–water partition coefficient (Wildman–Crippen LogP) is 5.27. The van der Waals surface area contributed by atoms with E-state index < -0.39 is 38.2 Å². The molecule has 1 N–H and O–H groups in total. The van der Waals surface area contributed by atoms with Crippen LogP contribution < -0.4 is 5.32 Å². The van der Waals surface area contributed by atoms with Gasteiger partial charge in [-0.15, -0.1) is 0 Å². The SMILES string of the molecule is CC(C)(C)OC(=O)N[C@H](CO[Si](C)(C)C(C)(C)C)[C@@H]1CC(=O)CCN1C(=O)OCc1ccccc1. The Morgan fingerprint density at radius 1 is 1.11 bits per heavy atom. The number of carbonyl (C=O) groups excluding carboxylic acids is 3. The molecule has 1 aromatic rings. The van der Waals surface area contributed by atoms with Crippen LogP contribution in [0.5, 0.6) is 0 Å². The fraction of sp³-hybridized carbons (Fsp3) is 0.654. The molecule has 1 aromatic carbocycles. The number of rotatable bonds is 7. The highest BCUT2D eigenvalue weighted by molar-refractivity contribution is 6.74. The Hall–Kier alpha value is -2.39. The zero-order valence-electron chi connectivity index (χ0n) is 22.5. The van der Waals surface area contributed by atoms with Gasteiger partial charge in [-0.25, -0.2) is 9.59 Å². The topological polar surface area (TPSA) is 94.2 Å². The van der Waals surface area contributed by atoms with Gasteiger partial charge in [-0.1, -0.05) is 51.1 Å². The average molecular weight is 507 g/mol. The number of ketones is 1. The number of nitrogens with one attached hydrogen (secondary N) is 1. The van der Waals surface area contributed by atoms with Crippen LogP contribution in [0.15, 0.2) is 30.3 Å². The minimum atomic E-state index is -2.17. The van der Waals surface area contributed by atoms with E-state index in [2.05, 4.69) is 39.2 Å². The van der Waals surface area contributed by atoms with Crippen molar-refractivity contribution in [3.8, 4) is 0 Å². The van der Waals surface area contributed by atoms with Crippen molar-refractivity contribution in [1.82, 2.24) is 10.2 Å². The number of alkyl carbamates (subject to hydrolysis) is 1. The second kappa shape index (κ2) is 11.6. The van der Waals surface area contributed by atoms with Crippen LogP contribution in [-0.4, -0.2) is 62.0 Å². The summed E-state index contributed by atoms with van der Waals surface area (Å²) in [6.07, 6.45) is -0.771. The first-order chi connectivity index (χ1) is 16.1. The smallest absolute Gasteiger partial charge is 0.410 e. The molecule has 2 atom stereocenters. The quantitative estimate of drug-likeness (QED) is 0.506. The maximum absolute atomic E-state index is 13.1. The summed E-state index contributed by atoms with van der Waals surface area (Å²) in [5.74, 6) is 0.0328. The number of piperidine rings is 1. The summed E-state index contributed by atoms with van der Waals surface area (Å²) in [7, 11) is -2.17. The molecule has 35 heavy (non-hydrogen) atoms. The zero-order chi connectivity index (χ0) is 26.4. The lowest BCUT2D eigenvalue weighted by molar-refractivity contribution is -0.123. The summed E-state index contributed by atoms with van der Waals surface area (Å²) in [6, 6.07) is 8.18. The average Bonchev–Trinajstić information content (AvgIpc) is 2.73. The third-order valence-corrected chi connectivity index (χ3v) is 11.0. The van der Waals surface area contributed by atoms with Crippen molar-refractivity contribution in [2.45, 2.75) is 96.8 Å². The highest BCUT2D eigenvalue weighted by atomic mass is 28.4. The molecule has 2 amide bonds. The van der Waals surface area contributed by atoms with Gasteiger partial charge in [-0.3, -0.25) is 4.79 Å². The molecule has 1 heterocycles. The maximum atomic E-state index is 13.1. The van der Waals surface area contributed by atoms with Gasteiger partial charge in [0, 0.05) is 19.4 Å². The van der Waals surface area contributed by atoms with Crippen molar-refractivity contribution in [1.29, 1.82) is 0 Å². The number of carbonyl (C=O) groups is 3. The Balaban J connectivity index is 2.24. The molecular weight excluding hydrogens is 464 g/mol. The van der Waals surface area contributed by atoms with Crippen LogP contribution in [0.3, 0.4) is 0 Å². The molecule has 0 spiro atoms. The largest absolute Gasteiger partial charge is 0.445 e. The number of Topliss-reactive ketones (excluding diaryl/α,β-unsaturated/α-hetero) is 1. The molecule has 1 saturated heterocycles. The van der Waals surface area contributed by atoms with Gasteiger partial charge >= 0.3 is 12.2 Å². The molecule has 2 rings (SSSR count). The Labute approximate surface area is 210 Å². The van der Waals surface area contributed by atoms with Crippen LogP contribution in [0.2, 0.25) is 18.1 Å². The van der Waals surface area contributed by atoms with E-state index in [0.717, 1.165) is 5.56 Å². The predicted molar refractivity (Wildman–Crippen MR) is 138 cm³/mol. The van der Waals surface area contributed by atoms with Gasteiger partial charge in [0.05, 0.1) is 18.7 Å². The summed E-state index contributed by atoms with van der Waals surface area (Å²) in [5.41, 5.74) is 0.182. The molecule has 1 aliphatic heterocycles. The van der Waals surface area contributed by atoms with E-state index in [9.17, 15) is 14.4 Å². The van der Waals surface area contributed by atoms with Gasteiger partial charge in [0.2, 0.25) is 0 Å². The van der Waals surface area contributed by atoms with Crippen LogP contribution in [0.4, 0.5) is 9.59 Å². The highest BCUT2D eigenvalue weighted by Crippen LogP contribution is 2.37. The van der Waals surface area contributed by atoms with E-state index in [1.54, 1.807) is 25.7 Å². The van der Waals surface area contributed by atoms with Crippen molar-refractivity contribution in [3.63, 3.8) is 0 Å². The molecular formula is C26H42N2O6Si. The van der Waals surface area contributed by atoms with Crippen LogP contribution >= 0.6 is 0 Å². The monoisotopic (exact) mass is 506 g/mol. The summed E-state index contributed by atoms with van der Waals surface area (Å²) in [6.45, 7) is 16.5. The number of hydrogen-bond donors (Lipinski definition) is 1. The van der Waals surface area contributed by atoms with Crippen LogP contribution in [0.25, 0.3) is 0 Å². The number of likely N-dealkylation sites (tertiary alicyclic amines) is 1. The lowest BCUT2D eigenvalue weighted by Crippen LogP contribution is -2.60. The maximum Gasteiger partial charge on any atom is 0.410 e. The molecule has 0 aliphatic carbocycles. The van der Waals surface area contributed by atoms with Gasteiger partial charge in [-0.05, 0) is 44.5 Å². The molecule has 8 nitrogen and oxygen atoms in total. The minimum Gasteiger partial charge on any atom is -0.445 e. The lowest BCUT2D eigenvalue weighted by Gasteiger charge is -2.42. The summed E-state index contributed by atoms with van der Waals surface area (Å²) in [4.78, 5) is 39.8. The van der Waals surface area contributed by atoms with Crippen molar-refractivity contribution >= 4 is 26.3 Å². The van der Waals surface area contributed by atoms with Gasteiger partial charge in [0.1, 0.15) is 18.0 Å². The van der Waals surface area contributed by atoms with Gasteiger partial charge in [0.15, 0.2) is 8.32 Å². The van der Waals surface area contributed by atoms with Crippen molar-refractivity contribution in [2.24, 2.45) is 0 Å². The highest BCUT2D eigenvalue weighted by Gasteiger charge is 2.42. The number of benzene rings is 1. The van der Waals surface area contributed by atoms with Gasteiger partial charge in [-0.2, -0.15) is 0 Å². The van der Waals surface area contributed by atoms with Crippen molar-refractivity contribution in [2.75, 3.05) is 13.2 Å². The Kier molecular flexibility index (Phi) is 9.53. The summed E-state index contributed by atoms with van der Waals surface area (Å²) < 4.78 is 17.5. The standard InChI is InChI=1S/C26H42N2O6Si/c1-25(2,3)34-23(30)27-21(18-33-35(7,8)26(4,5)6)22-16-20(29)14-15-28(22)24(31)32-17-19-12-10-9-11-13-19/h9-13,21-22H,14-18H2,1-8H3,(H,27,30)/t21-,22+/m1/s1. The molecule has 0 bridgehead atoms. The zero-order valence-corrected chi connectivity index (χ0v) is 23.5. The minimum absolute atomic E-state index is 0.0328. The number of hydrogen-bond acceptors (Lipinski definition) is 6. The second-order valence-corrected chi connectivity index (χ2v) is 16.4. The summed E-state index contributed by atoms with van der Waals surface area (Å²) in [5, 5.41) is 2.84. The Morgan fingerprint density at radius 3 is 2.31 bits per heavy atom. The van der Waals surface area contributed by atoms with Crippen LogP contribution in [0.1, 0.15) is 59.9 Å². The number of nitrogens with zero attached hydrogens (tertiary/aromatic N) is 1. The van der Waals surface area contributed by atoms with Gasteiger partial charge in [0.25, 0.3) is 0 Å². The molecule has 0 aromatic heterocycles. The number of ether oxygens (including phenoxy) is 2. The van der Waals surface area contributed by atoms with Crippen molar-refractivity contribution < 1.29 is 28.3 Å². The summed E-state index contributed by atoms with van der Waals surface area (Å²) >= 11 is 0. The molecule has 0 saturated carbocycles.